The molecule has 2 heterocycles. The van der Waals surface area contributed by atoms with Gasteiger partial charge in [-0.3, -0.25) is 14.5 Å². The number of carbonyl (C=O) groups excluding carboxylic acids is 2. The van der Waals surface area contributed by atoms with E-state index < -0.39 is 34.7 Å². The van der Waals surface area contributed by atoms with E-state index in [2.05, 4.69) is 0 Å². The Hall–Kier alpha value is -1.54. The Morgan fingerprint density at radius 3 is 2.30 bits per heavy atom. The van der Waals surface area contributed by atoms with Crippen LogP contribution < -0.4 is 4.90 Å². The van der Waals surface area contributed by atoms with Crippen molar-refractivity contribution < 1.29 is 22.8 Å². The van der Waals surface area contributed by atoms with Gasteiger partial charge >= 0.3 is 6.18 Å². The highest BCUT2D eigenvalue weighted by atomic mass is 32.2. The summed E-state index contributed by atoms with van der Waals surface area (Å²) in [4.78, 5) is 24.9. The first-order chi connectivity index (χ1) is 10.8. The number of fused-ring (bicyclic) bond motifs is 1. The Morgan fingerprint density at radius 2 is 1.78 bits per heavy atom. The second-order valence-corrected chi connectivity index (χ2v) is 6.74. The van der Waals surface area contributed by atoms with E-state index in [1.165, 1.54) is 13.3 Å². The molecule has 23 heavy (non-hydrogen) atoms. The van der Waals surface area contributed by atoms with Gasteiger partial charge in [-0.1, -0.05) is 18.2 Å². The van der Waals surface area contributed by atoms with Crippen LogP contribution in [0.1, 0.15) is 0 Å². The molecule has 2 aliphatic heterocycles. The summed E-state index contributed by atoms with van der Waals surface area (Å²) in [6, 6.07) is 8.10. The van der Waals surface area contributed by atoms with Gasteiger partial charge in [0.05, 0.1) is 17.5 Å². The summed E-state index contributed by atoms with van der Waals surface area (Å²) in [6.45, 7) is -0.0844. The SMILES string of the molecule is CS[C@]1(C(F)(F)F)[C@@H]2C(=O)N(c3ccccc3)C(=O)[C@@H]2CN1C. The van der Waals surface area contributed by atoms with Crippen molar-refractivity contribution in [3.05, 3.63) is 30.3 Å². The van der Waals surface area contributed by atoms with Gasteiger partial charge in [0.2, 0.25) is 11.8 Å². The normalized spacial score (nSPS) is 31.8. The molecule has 1 aromatic rings. The van der Waals surface area contributed by atoms with Gasteiger partial charge in [0, 0.05) is 6.54 Å². The molecule has 2 saturated heterocycles. The third-order valence-electron chi connectivity index (χ3n) is 4.62. The highest BCUT2D eigenvalue weighted by molar-refractivity contribution is 8.00. The number of imide groups is 1. The van der Waals surface area contributed by atoms with Gasteiger partial charge in [0.25, 0.3) is 0 Å². The van der Waals surface area contributed by atoms with Gasteiger partial charge in [-0.15, -0.1) is 11.8 Å². The van der Waals surface area contributed by atoms with Gasteiger partial charge in [0.15, 0.2) is 4.87 Å². The number of nitrogens with zero attached hydrogens (tertiary/aromatic N) is 2. The Morgan fingerprint density at radius 1 is 1.17 bits per heavy atom. The van der Waals surface area contributed by atoms with Gasteiger partial charge in [-0.05, 0) is 25.4 Å². The second kappa shape index (κ2) is 5.24. The molecule has 1 aromatic carbocycles. The number of benzene rings is 1. The van der Waals surface area contributed by atoms with E-state index in [0.29, 0.717) is 17.4 Å². The monoisotopic (exact) mass is 344 g/mol. The summed E-state index contributed by atoms with van der Waals surface area (Å²) in [5.41, 5.74) is 0.316. The molecular formula is C15H15F3N2O2S. The van der Waals surface area contributed by atoms with Crippen LogP contribution in [0.4, 0.5) is 18.9 Å². The molecule has 0 aliphatic carbocycles. The lowest BCUT2D eigenvalue weighted by Gasteiger charge is -2.39. The van der Waals surface area contributed by atoms with E-state index in [0.717, 1.165) is 9.80 Å². The molecule has 2 fully saturated rings. The van der Waals surface area contributed by atoms with Crippen LogP contribution in [0.3, 0.4) is 0 Å². The number of rotatable bonds is 2. The van der Waals surface area contributed by atoms with Gasteiger partial charge in [-0.25, -0.2) is 4.90 Å². The first-order valence-corrected chi connectivity index (χ1v) is 8.24. The number of halogens is 3. The number of alkyl halides is 3. The highest BCUT2D eigenvalue weighted by Crippen LogP contribution is 2.57. The lowest BCUT2D eigenvalue weighted by molar-refractivity contribution is -0.197. The van der Waals surface area contributed by atoms with Crippen molar-refractivity contribution in [2.24, 2.45) is 11.8 Å². The highest BCUT2D eigenvalue weighted by Gasteiger charge is 2.73. The number of anilines is 1. The first-order valence-electron chi connectivity index (χ1n) is 7.01. The second-order valence-electron chi connectivity index (χ2n) is 5.71. The molecule has 0 saturated carbocycles. The lowest BCUT2D eigenvalue weighted by atomic mass is 9.92. The van der Waals surface area contributed by atoms with Gasteiger partial charge in [-0.2, -0.15) is 13.2 Å². The molecule has 3 rings (SSSR count). The number of hydrogen-bond donors (Lipinski definition) is 0. The van der Waals surface area contributed by atoms with Crippen LogP contribution >= 0.6 is 11.8 Å². The maximum atomic E-state index is 13.8. The number of hydrogen-bond acceptors (Lipinski definition) is 4. The van der Waals surface area contributed by atoms with Crippen LogP contribution in [-0.4, -0.2) is 47.6 Å². The minimum atomic E-state index is -4.62. The van der Waals surface area contributed by atoms with Crippen molar-refractivity contribution in [3.63, 3.8) is 0 Å². The molecule has 0 bridgehead atoms. The van der Waals surface area contributed by atoms with E-state index in [-0.39, 0.29) is 6.54 Å². The van der Waals surface area contributed by atoms with E-state index in [9.17, 15) is 22.8 Å². The van der Waals surface area contributed by atoms with E-state index in [1.54, 1.807) is 30.3 Å². The molecule has 0 aromatic heterocycles. The van der Waals surface area contributed by atoms with E-state index in [1.807, 2.05) is 0 Å². The topological polar surface area (TPSA) is 40.6 Å². The molecule has 0 unspecified atom stereocenters. The Bertz CT molecular complexity index is 652. The number of likely N-dealkylation sites (tertiary alicyclic amines) is 1. The van der Waals surface area contributed by atoms with Gasteiger partial charge < -0.3 is 0 Å². The maximum absolute atomic E-state index is 13.8. The number of carbonyl (C=O) groups is 2. The summed E-state index contributed by atoms with van der Waals surface area (Å²) in [7, 11) is 1.32. The minimum absolute atomic E-state index is 0.0844. The van der Waals surface area contributed by atoms with Crippen molar-refractivity contribution >= 4 is 29.3 Å². The quantitative estimate of drug-likeness (QED) is 0.773. The fraction of sp³-hybridized carbons (Fsp3) is 0.467. The third kappa shape index (κ3) is 2.04. The maximum Gasteiger partial charge on any atom is 0.417 e. The smallest absolute Gasteiger partial charge is 0.283 e. The molecule has 0 spiro atoms. The molecular weight excluding hydrogens is 329 g/mol. The number of thioether (sulfide) groups is 1. The largest absolute Gasteiger partial charge is 0.417 e. The molecule has 3 atom stereocenters. The number of para-hydroxylation sites is 1. The van der Waals surface area contributed by atoms with Crippen LogP contribution in [0.2, 0.25) is 0 Å². The summed E-state index contributed by atoms with van der Waals surface area (Å²) >= 11 is 0.576. The minimum Gasteiger partial charge on any atom is -0.283 e. The van der Waals surface area contributed by atoms with Crippen LogP contribution in [0, 0.1) is 11.8 Å². The van der Waals surface area contributed by atoms with Gasteiger partial charge in [0.1, 0.15) is 0 Å². The summed E-state index contributed by atoms with van der Waals surface area (Å²) in [6.07, 6.45) is -3.29. The predicted octanol–water partition coefficient (Wildman–Crippen LogP) is 2.36. The third-order valence-corrected chi connectivity index (χ3v) is 6.04. The summed E-state index contributed by atoms with van der Waals surface area (Å²) in [5.74, 6) is -3.72. The molecule has 0 radical (unpaired) electrons. The molecule has 124 valence electrons. The van der Waals surface area contributed by atoms with Crippen LogP contribution in [-0.2, 0) is 9.59 Å². The zero-order valence-electron chi connectivity index (χ0n) is 12.5. The lowest BCUT2D eigenvalue weighted by Crippen LogP contribution is -2.57. The zero-order chi connectivity index (χ0) is 17.0. The van der Waals surface area contributed by atoms with Crippen molar-refractivity contribution in [2.75, 3.05) is 24.7 Å². The molecule has 2 amide bonds. The summed E-state index contributed by atoms with van der Waals surface area (Å²) in [5, 5.41) is 0. The van der Waals surface area contributed by atoms with Crippen molar-refractivity contribution in [2.45, 2.75) is 11.0 Å². The predicted molar refractivity (Wildman–Crippen MR) is 80.8 cm³/mol. The molecule has 4 nitrogen and oxygen atoms in total. The van der Waals surface area contributed by atoms with E-state index in [4.69, 9.17) is 0 Å². The fourth-order valence-electron chi connectivity index (χ4n) is 3.64. The van der Waals surface area contributed by atoms with Crippen molar-refractivity contribution in [1.29, 1.82) is 0 Å². The Kier molecular flexibility index (Phi) is 3.72. The van der Waals surface area contributed by atoms with Crippen LogP contribution in [0.5, 0.6) is 0 Å². The fourth-order valence-corrected chi connectivity index (χ4v) is 4.78. The summed E-state index contributed by atoms with van der Waals surface area (Å²) < 4.78 is 41.4. The number of amides is 2. The average Bonchev–Trinajstić information content (AvgIpc) is 2.92. The Labute approximate surface area is 135 Å². The van der Waals surface area contributed by atoms with Crippen molar-refractivity contribution in [3.8, 4) is 0 Å². The van der Waals surface area contributed by atoms with E-state index >= 15 is 0 Å². The molecule has 0 N–H and O–H groups in total. The van der Waals surface area contributed by atoms with Crippen molar-refractivity contribution in [1.82, 2.24) is 4.90 Å². The average molecular weight is 344 g/mol. The van der Waals surface area contributed by atoms with Crippen LogP contribution in [0.15, 0.2) is 30.3 Å². The Balaban J connectivity index is 2.09. The van der Waals surface area contributed by atoms with Crippen LogP contribution in [0.25, 0.3) is 0 Å². The zero-order valence-corrected chi connectivity index (χ0v) is 13.3. The first kappa shape index (κ1) is 16.3. The molecule has 2 aliphatic rings. The standard InChI is InChI=1S/C15H15F3N2O2S/c1-19-8-10-11(14(19,23-2)15(16,17)18)13(22)20(12(10)21)9-6-4-3-5-7-9/h3-7,10-11H,8H2,1-2H3/t10-,11+,14+/m1/s1. The molecule has 8 heteroatoms.